The van der Waals surface area contributed by atoms with Crippen LogP contribution in [0, 0.1) is 0 Å². The molecule has 5 heteroatoms. The van der Waals surface area contributed by atoms with Crippen LogP contribution >= 0.6 is 11.6 Å². The number of aromatic hydroxyl groups is 1. The lowest BCUT2D eigenvalue weighted by Crippen LogP contribution is -2.06. The number of aryl methyl sites for hydroxylation is 1. The summed E-state index contributed by atoms with van der Waals surface area (Å²) < 4.78 is 5.84. The Kier molecular flexibility index (Phi) is 2.28. The third-order valence-electron chi connectivity index (χ3n) is 1.49. The van der Waals surface area contributed by atoms with E-state index in [0.29, 0.717) is 0 Å². The number of ether oxygens (including phenoxy) is 1. The molecule has 0 radical (unpaired) electrons. The average molecular weight is 190 g/mol. The minimum Gasteiger partial charge on any atom is -0.504 e. The van der Waals surface area contributed by atoms with E-state index in [1.165, 1.54) is 17.9 Å². The quantitative estimate of drug-likeness (QED) is 0.675. The third kappa shape index (κ3) is 1.25. The maximum absolute atomic E-state index is 11.0. The van der Waals surface area contributed by atoms with E-state index in [9.17, 15) is 9.90 Å². The summed E-state index contributed by atoms with van der Waals surface area (Å²) in [6.07, 6.45) is 1.43. The number of aromatic nitrogens is 1. The number of esters is 1. The van der Waals surface area contributed by atoms with Crippen molar-refractivity contribution in [3.05, 3.63) is 16.9 Å². The molecule has 0 aliphatic carbocycles. The van der Waals surface area contributed by atoms with Gasteiger partial charge in [0.2, 0.25) is 0 Å². The van der Waals surface area contributed by atoms with Gasteiger partial charge in [0.15, 0.2) is 11.4 Å². The van der Waals surface area contributed by atoms with E-state index in [1.54, 1.807) is 7.05 Å². The normalized spacial score (nSPS) is 9.92. The van der Waals surface area contributed by atoms with Crippen molar-refractivity contribution in [1.29, 1.82) is 0 Å². The zero-order valence-corrected chi connectivity index (χ0v) is 7.42. The summed E-state index contributed by atoms with van der Waals surface area (Å²) in [5.74, 6) is -0.854. The van der Waals surface area contributed by atoms with E-state index >= 15 is 0 Å². The topological polar surface area (TPSA) is 51.5 Å². The Morgan fingerprint density at radius 2 is 2.33 bits per heavy atom. The van der Waals surface area contributed by atoms with Crippen LogP contribution in [0.1, 0.15) is 10.5 Å². The maximum Gasteiger partial charge on any atom is 0.358 e. The van der Waals surface area contributed by atoms with E-state index in [-0.39, 0.29) is 16.5 Å². The molecule has 0 fully saturated rings. The first-order valence-electron chi connectivity index (χ1n) is 3.20. The second-order valence-corrected chi connectivity index (χ2v) is 2.68. The van der Waals surface area contributed by atoms with Crippen molar-refractivity contribution in [2.24, 2.45) is 7.05 Å². The van der Waals surface area contributed by atoms with Crippen LogP contribution in [0.2, 0.25) is 5.02 Å². The largest absolute Gasteiger partial charge is 0.504 e. The van der Waals surface area contributed by atoms with Crippen molar-refractivity contribution in [2.45, 2.75) is 0 Å². The van der Waals surface area contributed by atoms with Crippen LogP contribution in [-0.4, -0.2) is 22.8 Å². The molecule has 1 aromatic heterocycles. The summed E-state index contributed by atoms with van der Waals surface area (Å²) in [6.45, 7) is 0. The van der Waals surface area contributed by atoms with Gasteiger partial charge in [-0.3, -0.25) is 0 Å². The number of rotatable bonds is 1. The van der Waals surface area contributed by atoms with Crippen LogP contribution in [-0.2, 0) is 11.8 Å². The van der Waals surface area contributed by atoms with Gasteiger partial charge in [-0.25, -0.2) is 4.79 Å². The van der Waals surface area contributed by atoms with Crippen LogP contribution in [0.4, 0.5) is 0 Å². The van der Waals surface area contributed by atoms with E-state index in [0.717, 1.165) is 0 Å². The van der Waals surface area contributed by atoms with Crippen molar-refractivity contribution >= 4 is 17.6 Å². The van der Waals surface area contributed by atoms with Gasteiger partial charge in [0.1, 0.15) is 5.02 Å². The highest BCUT2D eigenvalue weighted by Crippen LogP contribution is 2.28. The number of carbonyl (C=O) groups excluding carboxylic acids is 1. The molecular weight excluding hydrogens is 182 g/mol. The molecule has 0 saturated carbocycles. The van der Waals surface area contributed by atoms with Crippen LogP contribution in [0.5, 0.6) is 5.75 Å². The lowest BCUT2D eigenvalue weighted by Gasteiger charge is -2.00. The Balaban J connectivity index is 3.22. The van der Waals surface area contributed by atoms with Crippen LogP contribution in [0.25, 0.3) is 0 Å². The highest BCUT2D eigenvalue weighted by molar-refractivity contribution is 6.32. The van der Waals surface area contributed by atoms with Crippen molar-refractivity contribution in [3.63, 3.8) is 0 Å². The van der Waals surface area contributed by atoms with Gasteiger partial charge in [-0.1, -0.05) is 11.6 Å². The van der Waals surface area contributed by atoms with Crippen molar-refractivity contribution < 1.29 is 14.6 Å². The van der Waals surface area contributed by atoms with Crippen molar-refractivity contribution in [3.8, 4) is 5.75 Å². The number of carbonyl (C=O) groups is 1. The lowest BCUT2D eigenvalue weighted by atomic mass is 10.4. The van der Waals surface area contributed by atoms with Gasteiger partial charge < -0.3 is 14.4 Å². The molecule has 1 aromatic rings. The predicted molar refractivity (Wildman–Crippen MR) is 43.4 cm³/mol. The molecule has 0 aliphatic rings. The molecule has 1 heterocycles. The molecule has 66 valence electrons. The van der Waals surface area contributed by atoms with Gasteiger partial charge in [-0.05, 0) is 0 Å². The standard InChI is InChI=1S/C7H8ClNO3/c1-9-3-4(8)6(10)5(9)7(11)12-2/h3,10H,1-2H3. The second kappa shape index (κ2) is 3.06. The van der Waals surface area contributed by atoms with Crippen LogP contribution in [0.15, 0.2) is 6.20 Å². The van der Waals surface area contributed by atoms with Crippen LogP contribution < -0.4 is 0 Å². The minimum absolute atomic E-state index is 0.0579. The number of halogens is 1. The summed E-state index contributed by atoms with van der Waals surface area (Å²) >= 11 is 5.56. The smallest absolute Gasteiger partial charge is 0.358 e. The molecule has 0 bridgehead atoms. The summed E-state index contributed by atoms with van der Waals surface area (Å²) in [5, 5.41) is 9.40. The van der Waals surface area contributed by atoms with E-state index in [2.05, 4.69) is 4.74 Å². The summed E-state index contributed by atoms with van der Waals surface area (Å²) in [6, 6.07) is 0. The first-order chi connectivity index (χ1) is 5.57. The SMILES string of the molecule is COC(=O)c1c(O)c(Cl)cn1C. The van der Waals surface area contributed by atoms with Gasteiger partial charge in [0, 0.05) is 13.2 Å². The fraction of sp³-hybridized carbons (Fsp3) is 0.286. The molecule has 0 aromatic carbocycles. The fourth-order valence-corrected chi connectivity index (χ4v) is 1.15. The first-order valence-corrected chi connectivity index (χ1v) is 3.57. The molecule has 0 unspecified atom stereocenters. The molecular formula is C7H8ClNO3. The fourth-order valence-electron chi connectivity index (χ4n) is 0.913. The summed E-state index contributed by atoms with van der Waals surface area (Å²) in [5.41, 5.74) is 0.0579. The zero-order chi connectivity index (χ0) is 9.30. The average Bonchev–Trinajstić information content (AvgIpc) is 2.26. The van der Waals surface area contributed by atoms with Crippen LogP contribution in [0.3, 0.4) is 0 Å². The summed E-state index contributed by atoms with van der Waals surface area (Å²) in [4.78, 5) is 11.0. The molecule has 0 aliphatic heterocycles. The van der Waals surface area contributed by atoms with Gasteiger partial charge in [0.25, 0.3) is 0 Å². The number of hydrogen-bond acceptors (Lipinski definition) is 3. The molecule has 1 rings (SSSR count). The van der Waals surface area contributed by atoms with E-state index in [4.69, 9.17) is 11.6 Å². The number of methoxy groups -OCH3 is 1. The monoisotopic (exact) mass is 189 g/mol. The number of hydrogen-bond donors (Lipinski definition) is 1. The van der Waals surface area contributed by atoms with Gasteiger partial charge in [0.05, 0.1) is 7.11 Å². The third-order valence-corrected chi connectivity index (χ3v) is 1.77. The molecule has 0 spiro atoms. The van der Waals surface area contributed by atoms with Crippen molar-refractivity contribution in [1.82, 2.24) is 4.57 Å². The molecule has 12 heavy (non-hydrogen) atoms. The Morgan fingerprint density at radius 3 is 2.67 bits per heavy atom. The zero-order valence-electron chi connectivity index (χ0n) is 6.67. The first kappa shape index (κ1) is 8.93. The predicted octanol–water partition coefficient (Wildman–Crippen LogP) is 1.17. The Morgan fingerprint density at radius 1 is 1.75 bits per heavy atom. The molecule has 1 N–H and O–H groups in total. The Labute approximate surface area is 74.3 Å². The Bertz CT molecular complexity index is 319. The van der Waals surface area contributed by atoms with Gasteiger partial charge in [-0.2, -0.15) is 0 Å². The van der Waals surface area contributed by atoms with E-state index in [1.807, 2.05) is 0 Å². The van der Waals surface area contributed by atoms with Gasteiger partial charge >= 0.3 is 5.97 Å². The molecule has 0 atom stereocenters. The highest BCUT2D eigenvalue weighted by atomic mass is 35.5. The lowest BCUT2D eigenvalue weighted by molar-refractivity contribution is 0.0586. The second-order valence-electron chi connectivity index (χ2n) is 2.28. The van der Waals surface area contributed by atoms with Gasteiger partial charge in [-0.15, -0.1) is 0 Å². The van der Waals surface area contributed by atoms with E-state index < -0.39 is 5.97 Å². The molecule has 4 nitrogen and oxygen atoms in total. The highest BCUT2D eigenvalue weighted by Gasteiger charge is 2.18. The maximum atomic E-state index is 11.0. The molecule has 0 amide bonds. The summed E-state index contributed by atoms with van der Waals surface area (Å²) in [7, 11) is 2.83. The van der Waals surface area contributed by atoms with Crippen molar-refractivity contribution in [2.75, 3.05) is 7.11 Å². The molecule has 0 saturated heterocycles. The minimum atomic E-state index is -0.609. The Hall–Kier alpha value is -1.16. The number of nitrogens with zero attached hydrogens (tertiary/aromatic N) is 1.